The fraction of sp³-hybridized carbons (Fsp3) is 0. The zero-order chi connectivity index (χ0) is 14.9. The normalized spacial score (nSPS) is 10.4. The highest BCUT2D eigenvalue weighted by Gasteiger charge is 2.16. The predicted octanol–water partition coefficient (Wildman–Crippen LogP) is 4.84. The van der Waals surface area contributed by atoms with Crippen LogP contribution in [-0.4, -0.2) is 5.91 Å². The molecule has 3 N–H and O–H groups in total. The fourth-order valence-corrected chi connectivity index (χ4v) is 3.15. The van der Waals surface area contributed by atoms with E-state index in [1.807, 2.05) is 0 Å². The quantitative estimate of drug-likeness (QED) is 0.681. The summed E-state index contributed by atoms with van der Waals surface area (Å²) in [6.07, 6.45) is 0. The minimum absolute atomic E-state index is 0.0425. The van der Waals surface area contributed by atoms with Crippen LogP contribution in [0.3, 0.4) is 0 Å². The lowest BCUT2D eigenvalue weighted by atomic mass is 10.2. The molecule has 20 heavy (non-hydrogen) atoms. The minimum atomic E-state index is -0.651. The van der Waals surface area contributed by atoms with Crippen LogP contribution >= 0.6 is 43.5 Å². The van der Waals surface area contributed by atoms with Crippen molar-refractivity contribution in [3.63, 3.8) is 0 Å². The van der Waals surface area contributed by atoms with Crippen LogP contribution in [0.25, 0.3) is 0 Å². The molecule has 2 aromatic carbocycles. The number of nitrogens with one attached hydrogen (secondary N) is 1. The van der Waals surface area contributed by atoms with E-state index in [4.69, 9.17) is 17.3 Å². The van der Waals surface area contributed by atoms with Crippen molar-refractivity contribution in [3.8, 4) is 0 Å². The molecule has 0 saturated carbocycles. The number of carbonyl (C=O) groups excluding carboxylic acids is 1. The van der Waals surface area contributed by atoms with Gasteiger partial charge in [0.25, 0.3) is 5.91 Å². The zero-order valence-corrected chi connectivity index (χ0v) is 13.8. The van der Waals surface area contributed by atoms with Gasteiger partial charge in [-0.15, -0.1) is 0 Å². The van der Waals surface area contributed by atoms with Crippen LogP contribution in [0.1, 0.15) is 10.4 Å². The minimum Gasteiger partial charge on any atom is -0.397 e. The lowest BCUT2D eigenvalue weighted by molar-refractivity contribution is 0.102. The summed E-state index contributed by atoms with van der Waals surface area (Å²) >= 11 is 12.4. The van der Waals surface area contributed by atoms with E-state index in [1.165, 1.54) is 18.2 Å². The van der Waals surface area contributed by atoms with Gasteiger partial charge in [-0.1, -0.05) is 33.6 Å². The first-order chi connectivity index (χ1) is 9.40. The molecule has 2 aromatic rings. The maximum Gasteiger partial charge on any atom is 0.257 e. The highest BCUT2D eigenvalue weighted by Crippen LogP contribution is 2.33. The van der Waals surface area contributed by atoms with Crippen molar-refractivity contribution in [2.45, 2.75) is 0 Å². The third kappa shape index (κ3) is 3.13. The van der Waals surface area contributed by atoms with Crippen molar-refractivity contribution in [3.05, 3.63) is 55.7 Å². The topological polar surface area (TPSA) is 55.1 Å². The maximum absolute atomic E-state index is 13.3. The Morgan fingerprint density at radius 2 is 2.00 bits per heavy atom. The lowest BCUT2D eigenvalue weighted by Gasteiger charge is -2.12. The van der Waals surface area contributed by atoms with Gasteiger partial charge in [-0.2, -0.15) is 0 Å². The van der Waals surface area contributed by atoms with Crippen LogP contribution < -0.4 is 11.1 Å². The Balaban J connectivity index is 2.36. The highest BCUT2D eigenvalue weighted by molar-refractivity contribution is 9.11. The van der Waals surface area contributed by atoms with Crippen molar-refractivity contribution in [1.82, 2.24) is 0 Å². The summed E-state index contributed by atoms with van der Waals surface area (Å²) in [6.45, 7) is 0. The molecule has 0 aliphatic heterocycles. The number of nitrogens with two attached hydrogens (primary N) is 1. The molecule has 0 saturated heterocycles. The maximum atomic E-state index is 13.3. The van der Waals surface area contributed by atoms with Crippen LogP contribution in [-0.2, 0) is 0 Å². The van der Waals surface area contributed by atoms with Crippen LogP contribution in [0.2, 0.25) is 5.02 Å². The van der Waals surface area contributed by atoms with Gasteiger partial charge in [0.05, 0.1) is 22.0 Å². The molecule has 104 valence electrons. The summed E-state index contributed by atoms with van der Waals surface area (Å²) in [4.78, 5) is 12.1. The van der Waals surface area contributed by atoms with Gasteiger partial charge >= 0.3 is 0 Å². The average Bonchev–Trinajstić information content (AvgIpc) is 2.36. The van der Waals surface area contributed by atoms with Crippen LogP contribution in [0.15, 0.2) is 39.3 Å². The molecule has 0 aliphatic rings. The van der Waals surface area contributed by atoms with Crippen molar-refractivity contribution in [2.24, 2.45) is 0 Å². The van der Waals surface area contributed by atoms with E-state index in [2.05, 4.69) is 37.2 Å². The van der Waals surface area contributed by atoms with E-state index in [-0.39, 0.29) is 10.6 Å². The van der Waals surface area contributed by atoms with Crippen LogP contribution in [0.5, 0.6) is 0 Å². The Kier molecular flexibility index (Phi) is 4.67. The van der Waals surface area contributed by atoms with Gasteiger partial charge in [0.1, 0.15) is 5.82 Å². The lowest BCUT2D eigenvalue weighted by Crippen LogP contribution is -2.14. The molecule has 0 atom stereocenters. The van der Waals surface area contributed by atoms with Crippen LogP contribution in [0, 0.1) is 5.82 Å². The fourth-order valence-electron chi connectivity index (χ4n) is 1.59. The van der Waals surface area contributed by atoms with Gasteiger partial charge in [-0.05, 0) is 40.2 Å². The summed E-state index contributed by atoms with van der Waals surface area (Å²) in [6, 6.07) is 7.41. The number of benzene rings is 2. The smallest absolute Gasteiger partial charge is 0.257 e. The first-order valence-electron chi connectivity index (χ1n) is 5.40. The standard InChI is InChI=1S/C13H8Br2ClFN2O/c14-6-4-8(15)12(10(18)5-6)19-13(20)7-2-1-3-9(17)11(7)16/h1-5H,18H2,(H,19,20). The van der Waals surface area contributed by atoms with Gasteiger partial charge in [-0.25, -0.2) is 4.39 Å². The van der Waals surface area contributed by atoms with Crippen molar-refractivity contribution < 1.29 is 9.18 Å². The second-order valence-corrected chi connectivity index (χ2v) is 6.06. The number of nitrogen functional groups attached to an aromatic ring is 1. The average molecular weight is 422 g/mol. The van der Waals surface area contributed by atoms with Crippen LogP contribution in [0.4, 0.5) is 15.8 Å². The Hall–Kier alpha value is -1.11. The molecule has 3 nitrogen and oxygen atoms in total. The summed E-state index contributed by atoms with van der Waals surface area (Å²) in [5.74, 6) is -1.19. The predicted molar refractivity (Wildman–Crippen MR) is 85.6 cm³/mol. The summed E-state index contributed by atoms with van der Waals surface area (Å²) in [7, 11) is 0. The molecular formula is C13H8Br2ClFN2O. The highest BCUT2D eigenvalue weighted by atomic mass is 79.9. The molecule has 2 rings (SSSR count). The number of rotatable bonds is 2. The first-order valence-corrected chi connectivity index (χ1v) is 7.36. The number of amides is 1. The monoisotopic (exact) mass is 420 g/mol. The van der Waals surface area contributed by atoms with Crippen molar-refractivity contribution in [1.29, 1.82) is 0 Å². The second-order valence-electron chi connectivity index (χ2n) is 3.91. The Morgan fingerprint density at radius 3 is 2.65 bits per heavy atom. The SMILES string of the molecule is Nc1cc(Br)cc(Br)c1NC(=O)c1cccc(F)c1Cl. The van der Waals surface area contributed by atoms with E-state index in [0.717, 1.165) is 4.47 Å². The summed E-state index contributed by atoms with van der Waals surface area (Å²) < 4.78 is 14.7. The first kappa shape index (κ1) is 15.3. The van der Waals surface area contributed by atoms with Gasteiger partial charge < -0.3 is 11.1 Å². The van der Waals surface area contributed by atoms with Gasteiger partial charge in [0.15, 0.2) is 0 Å². The molecular weight excluding hydrogens is 414 g/mol. The molecule has 0 heterocycles. The third-order valence-electron chi connectivity index (χ3n) is 2.52. The number of anilines is 2. The second kappa shape index (κ2) is 6.11. The molecule has 0 fully saturated rings. The molecule has 0 aromatic heterocycles. The van der Waals surface area contributed by atoms with E-state index in [1.54, 1.807) is 12.1 Å². The number of carbonyl (C=O) groups is 1. The summed E-state index contributed by atoms with van der Waals surface area (Å²) in [5.41, 5.74) is 6.65. The Morgan fingerprint density at radius 1 is 1.30 bits per heavy atom. The summed E-state index contributed by atoms with van der Waals surface area (Å²) in [5, 5.41) is 2.38. The van der Waals surface area contributed by atoms with Gasteiger partial charge in [0.2, 0.25) is 0 Å². The third-order valence-corrected chi connectivity index (χ3v) is 3.99. The van der Waals surface area contributed by atoms with Crippen molar-refractivity contribution in [2.75, 3.05) is 11.1 Å². The molecule has 0 aliphatic carbocycles. The van der Waals surface area contributed by atoms with E-state index < -0.39 is 11.7 Å². The molecule has 0 bridgehead atoms. The Bertz CT molecular complexity index is 671. The van der Waals surface area contributed by atoms with E-state index >= 15 is 0 Å². The zero-order valence-electron chi connectivity index (χ0n) is 9.88. The Labute approximate surface area is 136 Å². The van der Waals surface area contributed by atoms with E-state index in [0.29, 0.717) is 15.8 Å². The molecule has 0 spiro atoms. The molecule has 0 radical (unpaired) electrons. The number of hydrogen-bond donors (Lipinski definition) is 2. The molecule has 0 unspecified atom stereocenters. The molecule has 7 heteroatoms. The van der Waals surface area contributed by atoms with Gasteiger partial charge in [0, 0.05) is 8.95 Å². The molecule has 1 amide bonds. The number of hydrogen-bond acceptors (Lipinski definition) is 2. The number of halogens is 4. The largest absolute Gasteiger partial charge is 0.397 e. The van der Waals surface area contributed by atoms with E-state index in [9.17, 15) is 9.18 Å². The van der Waals surface area contributed by atoms with Gasteiger partial charge in [-0.3, -0.25) is 4.79 Å². The van der Waals surface area contributed by atoms with Crippen molar-refractivity contribution >= 4 is 60.7 Å².